The summed E-state index contributed by atoms with van der Waals surface area (Å²) < 4.78 is 0. The van der Waals surface area contributed by atoms with Crippen molar-refractivity contribution in [2.75, 3.05) is 0 Å². The Bertz CT molecular complexity index is 158. The van der Waals surface area contributed by atoms with Crippen molar-refractivity contribution < 1.29 is 5.11 Å². The smallest absolute Gasteiger partial charge is 0.0792 e. The molecule has 1 nitrogen and oxygen atoms in total. The van der Waals surface area contributed by atoms with Gasteiger partial charge < -0.3 is 5.11 Å². The fourth-order valence-electron chi connectivity index (χ4n) is 1.27. The highest BCUT2D eigenvalue weighted by Crippen LogP contribution is 2.35. The number of allylic oxidation sites excluding steroid dienone is 2. The third-order valence-electron chi connectivity index (χ3n) is 1.92. The molecule has 0 bridgehead atoms. The number of fused-ring (bicyclic) bond motifs is 1. The van der Waals surface area contributed by atoms with Gasteiger partial charge >= 0.3 is 0 Å². The summed E-state index contributed by atoms with van der Waals surface area (Å²) >= 11 is 0. The van der Waals surface area contributed by atoms with Crippen LogP contribution in [0.1, 0.15) is 0 Å². The second-order valence-corrected chi connectivity index (χ2v) is 2.42. The van der Waals surface area contributed by atoms with Crippen LogP contribution in [0, 0.1) is 11.8 Å². The number of aliphatic hydroxyl groups excluding tert-OH is 1. The Balaban J connectivity index is 2.26. The first-order valence-corrected chi connectivity index (χ1v) is 2.92. The lowest BCUT2D eigenvalue weighted by Crippen LogP contribution is -2.22. The van der Waals surface area contributed by atoms with Crippen LogP contribution in [0.5, 0.6) is 0 Å². The molecule has 0 heterocycles. The Morgan fingerprint density at radius 3 is 2.00 bits per heavy atom. The SMILES string of the molecule is OC1C=C[C@@H]2C=C[C@H]12. The Hall–Kier alpha value is -0.560. The van der Waals surface area contributed by atoms with E-state index in [4.69, 9.17) is 5.11 Å². The molecule has 3 atom stereocenters. The van der Waals surface area contributed by atoms with E-state index in [2.05, 4.69) is 18.2 Å². The predicted molar refractivity (Wildman–Crippen MR) is 31.3 cm³/mol. The number of aliphatic hydroxyl groups is 1. The largest absolute Gasteiger partial charge is 0.388 e. The first kappa shape index (κ1) is 4.33. The van der Waals surface area contributed by atoms with E-state index < -0.39 is 0 Å². The van der Waals surface area contributed by atoms with Crippen LogP contribution in [0.15, 0.2) is 24.3 Å². The molecule has 0 fully saturated rings. The van der Waals surface area contributed by atoms with Crippen LogP contribution in [0.25, 0.3) is 0 Å². The van der Waals surface area contributed by atoms with Gasteiger partial charge in [0.05, 0.1) is 6.10 Å². The van der Waals surface area contributed by atoms with E-state index in [0.717, 1.165) is 0 Å². The third-order valence-corrected chi connectivity index (χ3v) is 1.92. The molecule has 1 unspecified atom stereocenters. The minimum atomic E-state index is -0.190. The zero-order valence-electron chi connectivity index (χ0n) is 4.49. The van der Waals surface area contributed by atoms with Crippen LogP contribution in [-0.4, -0.2) is 11.2 Å². The van der Waals surface area contributed by atoms with E-state index in [1.807, 2.05) is 6.08 Å². The maximum Gasteiger partial charge on any atom is 0.0792 e. The van der Waals surface area contributed by atoms with Crippen LogP contribution in [-0.2, 0) is 0 Å². The van der Waals surface area contributed by atoms with E-state index in [9.17, 15) is 0 Å². The van der Waals surface area contributed by atoms with E-state index in [0.29, 0.717) is 11.8 Å². The Morgan fingerprint density at radius 2 is 1.75 bits per heavy atom. The minimum absolute atomic E-state index is 0.190. The topological polar surface area (TPSA) is 20.2 Å². The second-order valence-electron chi connectivity index (χ2n) is 2.42. The average molecular weight is 108 g/mol. The van der Waals surface area contributed by atoms with E-state index in [1.165, 1.54) is 0 Å². The van der Waals surface area contributed by atoms with Gasteiger partial charge in [-0.15, -0.1) is 0 Å². The van der Waals surface area contributed by atoms with Gasteiger partial charge in [-0.05, 0) is 0 Å². The molecule has 2 rings (SSSR count). The Kier molecular flexibility index (Phi) is 0.667. The van der Waals surface area contributed by atoms with Crippen molar-refractivity contribution >= 4 is 0 Å². The summed E-state index contributed by atoms with van der Waals surface area (Å²) in [6, 6.07) is 0. The molecule has 8 heavy (non-hydrogen) atoms. The van der Waals surface area contributed by atoms with Gasteiger partial charge in [-0.1, -0.05) is 24.3 Å². The van der Waals surface area contributed by atoms with Crippen molar-refractivity contribution in [1.82, 2.24) is 0 Å². The van der Waals surface area contributed by atoms with E-state index in [-0.39, 0.29) is 6.10 Å². The van der Waals surface area contributed by atoms with Gasteiger partial charge in [-0.2, -0.15) is 0 Å². The molecule has 0 radical (unpaired) electrons. The lowest BCUT2D eigenvalue weighted by Gasteiger charge is -2.23. The summed E-state index contributed by atoms with van der Waals surface area (Å²) in [5.74, 6) is 0.986. The van der Waals surface area contributed by atoms with Crippen LogP contribution in [0.4, 0.5) is 0 Å². The normalized spacial score (nSPS) is 48.9. The van der Waals surface area contributed by atoms with Crippen LogP contribution < -0.4 is 0 Å². The molecular formula is C7H8O. The van der Waals surface area contributed by atoms with Gasteiger partial charge in [0.25, 0.3) is 0 Å². The summed E-state index contributed by atoms with van der Waals surface area (Å²) in [5.41, 5.74) is 0. The summed E-state index contributed by atoms with van der Waals surface area (Å²) in [6.45, 7) is 0. The van der Waals surface area contributed by atoms with Gasteiger partial charge in [-0.3, -0.25) is 0 Å². The van der Waals surface area contributed by atoms with Gasteiger partial charge in [0.15, 0.2) is 0 Å². The third kappa shape index (κ3) is 0.353. The van der Waals surface area contributed by atoms with Crippen molar-refractivity contribution in [1.29, 1.82) is 0 Å². The van der Waals surface area contributed by atoms with Crippen molar-refractivity contribution in [3.05, 3.63) is 24.3 Å². The number of hydrogen-bond donors (Lipinski definition) is 1. The second kappa shape index (κ2) is 1.23. The van der Waals surface area contributed by atoms with Gasteiger partial charge in [0.2, 0.25) is 0 Å². The molecule has 2 aliphatic rings. The molecule has 2 aliphatic carbocycles. The molecular weight excluding hydrogens is 100 g/mol. The van der Waals surface area contributed by atoms with Crippen LogP contribution >= 0.6 is 0 Å². The van der Waals surface area contributed by atoms with E-state index >= 15 is 0 Å². The molecule has 0 spiro atoms. The molecule has 1 heteroatoms. The minimum Gasteiger partial charge on any atom is -0.388 e. The summed E-state index contributed by atoms with van der Waals surface area (Å²) in [6.07, 6.45) is 7.93. The summed E-state index contributed by atoms with van der Waals surface area (Å²) in [7, 11) is 0. The molecule has 0 saturated carbocycles. The van der Waals surface area contributed by atoms with Gasteiger partial charge in [-0.25, -0.2) is 0 Å². The zero-order valence-corrected chi connectivity index (χ0v) is 4.49. The maximum atomic E-state index is 9.08. The lowest BCUT2D eigenvalue weighted by atomic mass is 9.84. The van der Waals surface area contributed by atoms with E-state index in [1.54, 1.807) is 0 Å². The van der Waals surface area contributed by atoms with Crippen molar-refractivity contribution in [3.8, 4) is 0 Å². The quantitative estimate of drug-likeness (QED) is 0.453. The Labute approximate surface area is 48.3 Å². The van der Waals surface area contributed by atoms with Crippen LogP contribution in [0.2, 0.25) is 0 Å². The first-order chi connectivity index (χ1) is 3.88. The maximum absolute atomic E-state index is 9.08. The fourth-order valence-corrected chi connectivity index (χ4v) is 1.27. The van der Waals surface area contributed by atoms with Crippen molar-refractivity contribution in [2.45, 2.75) is 6.10 Å². The van der Waals surface area contributed by atoms with Crippen molar-refractivity contribution in [2.24, 2.45) is 11.8 Å². The first-order valence-electron chi connectivity index (χ1n) is 2.92. The molecule has 0 aromatic rings. The molecule has 0 aromatic carbocycles. The van der Waals surface area contributed by atoms with Gasteiger partial charge in [0, 0.05) is 11.8 Å². The molecule has 0 aliphatic heterocycles. The van der Waals surface area contributed by atoms with Gasteiger partial charge in [0.1, 0.15) is 0 Å². The molecule has 1 N–H and O–H groups in total. The fraction of sp³-hybridized carbons (Fsp3) is 0.429. The van der Waals surface area contributed by atoms with Crippen LogP contribution in [0.3, 0.4) is 0 Å². The molecule has 0 aromatic heterocycles. The molecule has 0 saturated heterocycles. The monoisotopic (exact) mass is 108 g/mol. The molecule has 42 valence electrons. The highest BCUT2D eigenvalue weighted by atomic mass is 16.3. The standard InChI is InChI=1S/C7H8O/c8-7-4-2-5-1-3-6(5)7/h1-8H/t5-,6-,7?/m0/s1. The predicted octanol–water partition coefficient (Wildman–Crippen LogP) is 0.719. The zero-order chi connectivity index (χ0) is 5.56. The lowest BCUT2D eigenvalue weighted by molar-refractivity contribution is 0.168. The highest BCUT2D eigenvalue weighted by Gasteiger charge is 2.31. The highest BCUT2D eigenvalue weighted by molar-refractivity contribution is 5.26. The summed E-state index contributed by atoms with van der Waals surface area (Å²) in [4.78, 5) is 0. The molecule has 0 amide bonds. The van der Waals surface area contributed by atoms with Crippen molar-refractivity contribution in [3.63, 3.8) is 0 Å². The number of rotatable bonds is 0. The average Bonchev–Trinajstić information content (AvgIpc) is 1.80. The summed E-state index contributed by atoms with van der Waals surface area (Å²) in [5, 5.41) is 9.08. The number of hydrogen-bond acceptors (Lipinski definition) is 1. The Morgan fingerprint density at radius 1 is 1.00 bits per heavy atom.